The lowest BCUT2D eigenvalue weighted by atomic mass is 9.90. The second kappa shape index (κ2) is 9.17. The van der Waals surface area contributed by atoms with Crippen LogP contribution in [0.25, 0.3) is 0 Å². The standard InChI is InChI=1S/C23H26N2O2/c1-2-13-24-22(26)20-9-6-10-21(17-20)23(27)25-14-11-19(12-15-25)16-18-7-4-3-5-8-18/h2-10,17,19H,1,11-16H2,(H,24,26). The number of carbonyl (C=O) groups excluding carboxylic acids is 2. The fourth-order valence-corrected chi connectivity index (χ4v) is 3.53. The van der Waals surface area contributed by atoms with E-state index in [0.29, 0.717) is 23.6 Å². The fourth-order valence-electron chi connectivity index (χ4n) is 3.53. The van der Waals surface area contributed by atoms with E-state index in [2.05, 4.69) is 36.2 Å². The molecule has 2 aromatic carbocycles. The summed E-state index contributed by atoms with van der Waals surface area (Å²) in [6, 6.07) is 17.5. The van der Waals surface area contributed by atoms with E-state index in [0.717, 1.165) is 32.4 Å². The molecule has 0 aliphatic carbocycles. The molecule has 0 atom stereocenters. The first-order valence-electron chi connectivity index (χ1n) is 9.49. The lowest BCUT2D eigenvalue weighted by Gasteiger charge is -2.32. The second-order valence-corrected chi connectivity index (χ2v) is 7.00. The minimum Gasteiger partial charge on any atom is -0.349 e. The highest BCUT2D eigenvalue weighted by Crippen LogP contribution is 2.23. The van der Waals surface area contributed by atoms with Gasteiger partial charge in [0.2, 0.25) is 0 Å². The van der Waals surface area contributed by atoms with Gasteiger partial charge in [-0.05, 0) is 48.9 Å². The van der Waals surface area contributed by atoms with Crippen molar-refractivity contribution in [1.29, 1.82) is 0 Å². The normalized spacial score (nSPS) is 14.6. The van der Waals surface area contributed by atoms with Gasteiger partial charge in [-0.1, -0.05) is 42.5 Å². The van der Waals surface area contributed by atoms with E-state index in [4.69, 9.17) is 0 Å². The third-order valence-electron chi connectivity index (χ3n) is 5.05. The highest BCUT2D eigenvalue weighted by Gasteiger charge is 2.24. The van der Waals surface area contributed by atoms with Crippen LogP contribution < -0.4 is 5.32 Å². The average molecular weight is 362 g/mol. The molecule has 0 spiro atoms. The summed E-state index contributed by atoms with van der Waals surface area (Å²) in [6.07, 6.45) is 4.73. The molecule has 27 heavy (non-hydrogen) atoms. The number of likely N-dealkylation sites (tertiary alicyclic amines) is 1. The van der Waals surface area contributed by atoms with Gasteiger partial charge in [-0.3, -0.25) is 9.59 Å². The van der Waals surface area contributed by atoms with E-state index in [1.807, 2.05) is 11.0 Å². The first-order valence-corrected chi connectivity index (χ1v) is 9.49. The number of benzene rings is 2. The molecule has 0 aromatic heterocycles. The topological polar surface area (TPSA) is 49.4 Å². The third kappa shape index (κ3) is 5.07. The van der Waals surface area contributed by atoms with Crippen molar-refractivity contribution in [2.75, 3.05) is 19.6 Å². The summed E-state index contributed by atoms with van der Waals surface area (Å²) in [4.78, 5) is 26.8. The van der Waals surface area contributed by atoms with Crippen LogP contribution in [0.1, 0.15) is 39.1 Å². The zero-order valence-corrected chi connectivity index (χ0v) is 15.6. The Balaban J connectivity index is 1.57. The Morgan fingerprint density at radius 3 is 2.44 bits per heavy atom. The van der Waals surface area contributed by atoms with Crippen molar-refractivity contribution in [3.63, 3.8) is 0 Å². The summed E-state index contributed by atoms with van der Waals surface area (Å²) < 4.78 is 0. The van der Waals surface area contributed by atoms with Crippen molar-refractivity contribution in [2.24, 2.45) is 5.92 Å². The predicted molar refractivity (Wildman–Crippen MR) is 108 cm³/mol. The first-order chi connectivity index (χ1) is 13.2. The number of hydrogen-bond donors (Lipinski definition) is 1. The quantitative estimate of drug-likeness (QED) is 0.797. The summed E-state index contributed by atoms with van der Waals surface area (Å²) >= 11 is 0. The van der Waals surface area contributed by atoms with E-state index < -0.39 is 0 Å². The molecule has 4 heteroatoms. The molecule has 2 aromatic rings. The van der Waals surface area contributed by atoms with Gasteiger partial charge < -0.3 is 10.2 Å². The minimum atomic E-state index is -0.189. The molecule has 1 aliphatic heterocycles. The summed E-state index contributed by atoms with van der Waals surface area (Å²) in [5.41, 5.74) is 2.44. The Bertz CT molecular complexity index is 793. The number of carbonyl (C=O) groups is 2. The van der Waals surface area contributed by atoms with Crippen molar-refractivity contribution >= 4 is 11.8 Å². The molecule has 2 amide bonds. The molecule has 4 nitrogen and oxygen atoms in total. The summed E-state index contributed by atoms with van der Waals surface area (Å²) in [5, 5.41) is 2.74. The molecule has 1 fully saturated rings. The minimum absolute atomic E-state index is 0.00605. The number of hydrogen-bond acceptors (Lipinski definition) is 2. The van der Waals surface area contributed by atoms with Crippen molar-refractivity contribution in [3.05, 3.63) is 83.9 Å². The van der Waals surface area contributed by atoms with E-state index in [1.54, 1.807) is 30.3 Å². The first kappa shape index (κ1) is 18.9. The lowest BCUT2D eigenvalue weighted by Crippen LogP contribution is -2.39. The van der Waals surface area contributed by atoms with Crippen LogP contribution in [-0.2, 0) is 6.42 Å². The van der Waals surface area contributed by atoms with Crippen LogP contribution in [0.5, 0.6) is 0 Å². The molecule has 1 N–H and O–H groups in total. The third-order valence-corrected chi connectivity index (χ3v) is 5.05. The van der Waals surface area contributed by atoms with Crippen LogP contribution in [0.15, 0.2) is 67.3 Å². The molecule has 0 saturated carbocycles. The van der Waals surface area contributed by atoms with Gasteiger partial charge in [-0.25, -0.2) is 0 Å². The van der Waals surface area contributed by atoms with Crippen LogP contribution in [0.4, 0.5) is 0 Å². The zero-order valence-electron chi connectivity index (χ0n) is 15.6. The van der Waals surface area contributed by atoms with Crippen molar-refractivity contribution in [2.45, 2.75) is 19.3 Å². The maximum Gasteiger partial charge on any atom is 0.253 e. The lowest BCUT2D eigenvalue weighted by molar-refractivity contribution is 0.0690. The molecule has 0 unspecified atom stereocenters. The molecule has 1 aliphatic rings. The van der Waals surface area contributed by atoms with E-state index in [9.17, 15) is 9.59 Å². The van der Waals surface area contributed by atoms with Crippen LogP contribution >= 0.6 is 0 Å². The van der Waals surface area contributed by atoms with E-state index >= 15 is 0 Å². The smallest absolute Gasteiger partial charge is 0.253 e. The average Bonchev–Trinajstić information content (AvgIpc) is 2.73. The summed E-state index contributed by atoms with van der Waals surface area (Å²) in [6.45, 7) is 5.53. The van der Waals surface area contributed by atoms with Crippen molar-refractivity contribution in [1.82, 2.24) is 10.2 Å². The van der Waals surface area contributed by atoms with Crippen LogP contribution in [-0.4, -0.2) is 36.3 Å². The van der Waals surface area contributed by atoms with Gasteiger partial charge in [0.1, 0.15) is 0 Å². The zero-order chi connectivity index (χ0) is 19.1. The second-order valence-electron chi connectivity index (χ2n) is 7.00. The van der Waals surface area contributed by atoms with Gasteiger partial charge in [0.05, 0.1) is 0 Å². The van der Waals surface area contributed by atoms with Gasteiger partial charge in [-0.15, -0.1) is 6.58 Å². The molecule has 0 bridgehead atoms. The summed E-state index contributed by atoms with van der Waals surface area (Å²) in [7, 11) is 0. The van der Waals surface area contributed by atoms with Crippen LogP contribution in [0, 0.1) is 5.92 Å². The molecular weight excluding hydrogens is 336 g/mol. The molecule has 140 valence electrons. The SMILES string of the molecule is C=CCNC(=O)c1cccc(C(=O)N2CCC(Cc3ccccc3)CC2)c1. The Morgan fingerprint density at radius 1 is 1.04 bits per heavy atom. The maximum absolute atomic E-state index is 12.8. The highest BCUT2D eigenvalue weighted by atomic mass is 16.2. The number of rotatable bonds is 6. The maximum atomic E-state index is 12.8. The number of piperidine rings is 1. The predicted octanol–water partition coefficient (Wildman–Crippen LogP) is 3.70. The summed E-state index contributed by atoms with van der Waals surface area (Å²) in [5.74, 6) is 0.435. The van der Waals surface area contributed by atoms with E-state index in [-0.39, 0.29) is 11.8 Å². The van der Waals surface area contributed by atoms with Crippen LogP contribution in [0.3, 0.4) is 0 Å². The Hall–Kier alpha value is -2.88. The molecule has 3 rings (SSSR count). The molecule has 0 radical (unpaired) electrons. The Morgan fingerprint density at radius 2 is 1.74 bits per heavy atom. The van der Waals surface area contributed by atoms with Crippen molar-refractivity contribution < 1.29 is 9.59 Å². The Labute approximate surface area is 160 Å². The highest BCUT2D eigenvalue weighted by molar-refractivity contribution is 5.99. The van der Waals surface area contributed by atoms with Crippen LogP contribution in [0.2, 0.25) is 0 Å². The van der Waals surface area contributed by atoms with Gasteiger partial charge in [-0.2, -0.15) is 0 Å². The number of amides is 2. The van der Waals surface area contributed by atoms with Gasteiger partial charge in [0.15, 0.2) is 0 Å². The monoisotopic (exact) mass is 362 g/mol. The largest absolute Gasteiger partial charge is 0.349 e. The number of nitrogens with one attached hydrogen (secondary N) is 1. The Kier molecular flexibility index (Phi) is 6.42. The van der Waals surface area contributed by atoms with Crippen molar-refractivity contribution in [3.8, 4) is 0 Å². The number of nitrogens with zero attached hydrogens (tertiary/aromatic N) is 1. The molecular formula is C23H26N2O2. The van der Waals surface area contributed by atoms with Gasteiger partial charge in [0, 0.05) is 30.8 Å². The fraction of sp³-hybridized carbons (Fsp3) is 0.304. The molecule has 1 saturated heterocycles. The van der Waals surface area contributed by atoms with Gasteiger partial charge in [0.25, 0.3) is 11.8 Å². The molecule has 1 heterocycles. The van der Waals surface area contributed by atoms with Gasteiger partial charge >= 0.3 is 0 Å². The van der Waals surface area contributed by atoms with E-state index in [1.165, 1.54) is 5.56 Å².